The minimum atomic E-state index is 0.0141. The molecule has 5 nitrogen and oxygen atoms in total. The van der Waals surface area contributed by atoms with Gasteiger partial charge in [0.1, 0.15) is 23.7 Å². The van der Waals surface area contributed by atoms with Crippen LogP contribution in [0.25, 0.3) is 5.65 Å². The lowest BCUT2D eigenvalue weighted by Gasteiger charge is -2.14. The lowest BCUT2D eigenvalue weighted by molar-refractivity contribution is 0.101. The summed E-state index contributed by atoms with van der Waals surface area (Å²) < 4.78 is 7.55. The molecule has 0 spiro atoms. The van der Waals surface area contributed by atoms with E-state index in [0.29, 0.717) is 12.3 Å². The van der Waals surface area contributed by atoms with Crippen molar-refractivity contribution in [2.75, 3.05) is 26.2 Å². The van der Waals surface area contributed by atoms with E-state index in [4.69, 9.17) is 4.74 Å². The molecule has 3 rings (SSSR count). The van der Waals surface area contributed by atoms with Crippen molar-refractivity contribution in [2.45, 2.75) is 19.8 Å². The van der Waals surface area contributed by atoms with Crippen molar-refractivity contribution in [2.24, 2.45) is 0 Å². The molecule has 2 aromatic rings. The SMILES string of the molecule is CC(=O)c1cnc2cc(OCCN3CCCC3)ccn12. The molecule has 106 valence electrons. The molecule has 0 atom stereocenters. The largest absolute Gasteiger partial charge is 0.492 e. The quantitative estimate of drug-likeness (QED) is 0.782. The average Bonchev–Trinajstić information content (AvgIpc) is 3.06. The van der Waals surface area contributed by atoms with Crippen LogP contribution in [0.2, 0.25) is 0 Å². The second-order valence-electron chi connectivity index (χ2n) is 5.19. The summed E-state index contributed by atoms with van der Waals surface area (Å²) in [7, 11) is 0. The van der Waals surface area contributed by atoms with Crippen molar-refractivity contribution in [1.82, 2.24) is 14.3 Å². The molecule has 3 heterocycles. The van der Waals surface area contributed by atoms with E-state index in [1.807, 2.05) is 18.3 Å². The van der Waals surface area contributed by atoms with Gasteiger partial charge >= 0.3 is 0 Å². The summed E-state index contributed by atoms with van der Waals surface area (Å²) in [6.45, 7) is 5.58. The van der Waals surface area contributed by atoms with E-state index < -0.39 is 0 Å². The zero-order valence-corrected chi connectivity index (χ0v) is 11.7. The molecule has 2 aromatic heterocycles. The summed E-state index contributed by atoms with van der Waals surface area (Å²) >= 11 is 0. The number of Topliss-reactive ketones (excluding diaryl/α,β-unsaturated/α-hetero) is 1. The number of nitrogens with zero attached hydrogens (tertiary/aromatic N) is 3. The number of likely N-dealkylation sites (tertiary alicyclic amines) is 1. The molecule has 0 aromatic carbocycles. The highest BCUT2D eigenvalue weighted by atomic mass is 16.5. The molecule has 0 N–H and O–H groups in total. The zero-order chi connectivity index (χ0) is 13.9. The Morgan fingerprint density at radius 2 is 2.20 bits per heavy atom. The number of ketones is 1. The summed E-state index contributed by atoms with van der Waals surface area (Å²) in [4.78, 5) is 18.1. The first-order valence-corrected chi connectivity index (χ1v) is 7.07. The highest BCUT2D eigenvalue weighted by molar-refractivity contribution is 5.93. The van der Waals surface area contributed by atoms with E-state index in [-0.39, 0.29) is 5.78 Å². The number of hydrogen-bond donors (Lipinski definition) is 0. The third-order valence-corrected chi connectivity index (χ3v) is 3.72. The van der Waals surface area contributed by atoms with Crippen molar-refractivity contribution in [3.05, 3.63) is 30.2 Å². The molecule has 0 radical (unpaired) electrons. The van der Waals surface area contributed by atoms with E-state index in [2.05, 4.69) is 9.88 Å². The predicted octanol–water partition coefficient (Wildman–Crippen LogP) is 2.01. The van der Waals surface area contributed by atoms with Crippen molar-refractivity contribution in [3.8, 4) is 5.75 Å². The Hall–Kier alpha value is -1.88. The first-order valence-electron chi connectivity index (χ1n) is 7.07. The van der Waals surface area contributed by atoms with Crippen LogP contribution in [0.3, 0.4) is 0 Å². The molecule has 0 aliphatic carbocycles. The number of carbonyl (C=O) groups excluding carboxylic acids is 1. The monoisotopic (exact) mass is 273 g/mol. The maximum absolute atomic E-state index is 11.4. The highest BCUT2D eigenvalue weighted by Gasteiger charge is 2.11. The summed E-state index contributed by atoms with van der Waals surface area (Å²) in [6, 6.07) is 3.75. The molecule has 20 heavy (non-hydrogen) atoms. The number of pyridine rings is 1. The fourth-order valence-corrected chi connectivity index (χ4v) is 2.61. The lowest BCUT2D eigenvalue weighted by Crippen LogP contribution is -2.25. The number of ether oxygens (including phenoxy) is 1. The van der Waals surface area contributed by atoms with Crippen molar-refractivity contribution in [1.29, 1.82) is 0 Å². The molecule has 5 heteroatoms. The van der Waals surface area contributed by atoms with Crippen LogP contribution in [0, 0.1) is 0 Å². The van der Waals surface area contributed by atoms with Gasteiger partial charge in [-0.15, -0.1) is 0 Å². The number of fused-ring (bicyclic) bond motifs is 1. The van der Waals surface area contributed by atoms with Gasteiger partial charge in [0.15, 0.2) is 5.78 Å². The maximum Gasteiger partial charge on any atom is 0.178 e. The van der Waals surface area contributed by atoms with E-state index in [1.54, 1.807) is 17.5 Å². The molecule has 1 aliphatic rings. The Labute approximate surface area is 118 Å². The molecule has 1 aliphatic heterocycles. The van der Waals surface area contributed by atoms with Crippen LogP contribution in [0.4, 0.5) is 0 Å². The predicted molar refractivity (Wildman–Crippen MR) is 76.4 cm³/mol. The van der Waals surface area contributed by atoms with Crippen molar-refractivity contribution in [3.63, 3.8) is 0 Å². The van der Waals surface area contributed by atoms with E-state index in [0.717, 1.165) is 17.9 Å². The third-order valence-electron chi connectivity index (χ3n) is 3.72. The standard InChI is InChI=1S/C15H19N3O2/c1-12(19)14-11-16-15-10-13(4-7-18(14)15)20-9-8-17-5-2-3-6-17/h4,7,10-11H,2-3,5-6,8-9H2,1H3. The summed E-state index contributed by atoms with van der Waals surface area (Å²) in [5, 5.41) is 0. The molecule has 0 amide bonds. The number of carbonyl (C=O) groups is 1. The Balaban J connectivity index is 1.65. The smallest absolute Gasteiger partial charge is 0.178 e. The Kier molecular flexibility index (Phi) is 3.69. The number of rotatable bonds is 5. The van der Waals surface area contributed by atoms with Crippen LogP contribution >= 0.6 is 0 Å². The van der Waals surface area contributed by atoms with Crippen LogP contribution in [0.15, 0.2) is 24.5 Å². The van der Waals surface area contributed by atoms with Gasteiger partial charge in [0.25, 0.3) is 0 Å². The molecule has 1 fully saturated rings. The van der Waals surface area contributed by atoms with Crippen LogP contribution in [-0.2, 0) is 0 Å². The van der Waals surface area contributed by atoms with Gasteiger partial charge < -0.3 is 4.74 Å². The van der Waals surface area contributed by atoms with Crippen molar-refractivity contribution < 1.29 is 9.53 Å². The van der Waals surface area contributed by atoms with Crippen LogP contribution in [-0.4, -0.2) is 46.3 Å². The molecular weight excluding hydrogens is 254 g/mol. The molecule has 0 saturated carbocycles. The number of imidazole rings is 1. The van der Waals surface area contributed by atoms with E-state index in [1.165, 1.54) is 25.9 Å². The third kappa shape index (κ3) is 2.67. The summed E-state index contributed by atoms with van der Waals surface area (Å²) in [6.07, 6.45) is 6.04. The second-order valence-corrected chi connectivity index (χ2v) is 5.19. The van der Waals surface area contributed by atoms with Gasteiger partial charge in [-0.2, -0.15) is 0 Å². The fourth-order valence-electron chi connectivity index (χ4n) is 2.61. The van der Waals surface area contributed by atoms with Gasteiger partial charge in [-0.3, -0.25) is 14.1 Å². The number of hydrogen-bond acceptors (Lipinski definition) is 4. The van der Waals surface area contributed by atoms with Crippen LogP contribution < -0.4 is 4.74 Å². The number of aromatic nitrogens is 2. The van der Waals surface area contributed by atoms with Gasteiger partial charge in [-0.05, 0) is 32.0 Å². The molecule has 0 bridgehead atoms. The van der Waals surface area contributed by atoms with Gasteiger partial charge in [0.2, 0.25) is 0 Å². The summed E-state index contributed by atoms with van der Waals surface area (Å²) in [5.74, 6) is 0.817. The van der Waals surface area contributed by atoms with E-state index >= 15 is 0 Å². The minimum absolute atomic E-state index is 0.0141. The molecule has 0 unspecified atom stereocenters. The Bertz CT molecular complexity index is 615. The first-order chi connectivity index (χ1) is 9.74. The first kappa shape index (κ1) is 13.1. The second kappa shape index (κ2) is 5.63. The van der Waals surface area contributed by atoms with Crippen LogP contribution in [0.1, 0.15) is 30.3 Å². The van der Waals surface area contributed by atoms with E-state index in [9.17, 15) is 4.79 Å². The fraction of sp³-hybridized carbons (Fsp3) is 0.467. The van der Waals surface area contributed by atoms with Crippen LogP contribution in [0.5, 0.6) is 5.75 Å². The maximum atomic E-state index is 11.4. The van der Waals surface area contributed by atoms with Crippen molar-refractivity contribution >= 4 is 11.4 Å². The lowest BCUT2D eigenvalue weighted by atomic mass is 10.3. The van der Waals surface area contributed by atoms with Gasteiger partial charge in [-0.25, -0.2) is 4.98 Å². The minimum Gasteiger partial charge on any atom is -0.492 e. The highest BCUT2D eigenvalue weighted by Crippen LogP contribution is 2.16. The molecule has 1 saturated heterocycles. The van der Waals surface area contributed by atoms with Gasteiger partial charge in [-0.1, -0.05) is 0 Å². The Morgan fingerprint density at radius 3 is 2.95 bits per heavy atom. The van der Waals surface area contributed by atoms with Gasteiger partial charge in [0, 0.05) is 25.7 Å². The Morgan fingerprint density at radius 1 is 1.40 bits per heavy atom. The topological polar surface area (TPSA) is 46.8 Å². The molecular formula is C15H19N3O2. The summed E-state index contributed by atoms with van der Waals surface area (Å²) in [5.41, 5.74) is 1.34. The van der Waals surface area contributed by atoms with Gasteiger partial charge in [0.05, 0.1) is 6.20 Å². The average molecular weight is 273 g/mol. The zero-order valence-electron chi connectivity index (χ0n) is 11.7. The normalized spacial score (nSPS) is 15.8.